The van der Waals surface area contributed by atoms with Gasteiger partial charge in [0.2, 0.25) is 0 Å². The van der Waals surface area contributed by atoms with Gasteiger partial charge in [-0.1, -0.05) is 36.4 Å². The third-order valence-electron chi connectivity index (χ3n) is 9.83. The summed E-state index contributed by atoms with van der Waals surface area (Å²) in [5.74, 6) is 1.93. The third kappa shape index (κ3) is 10.3. The van der Waals surface area contributed by atoms with Crippen molar-refractivity contribution >= 4 is 28.9 Å². The van der Waals surface area contributed by atoms with Crippen molar-refractivity contribution in [3.8, 4) is 33.2 Å². The number of nitrogens with one attached hydrogen (secondary N) is 1. The summed E-state index contributed by atoms with van der Waals surface area (Å²) < 4.78 is 22.3. The Morgan fingerprint density at radius 3 is 2.62 bits per heavy atom. The number of carbonyl (C=O) groups excluding carboxylic acids is 1. The van der Waals surface area contributed by atoms with Crippen LogP contribution in [0.15, 0.2) is 78.3 Å². The van der Waals surface area contributed by atoms with Crippen molar-refractivity contribution in [1.82, 2.24) is 25.4 Å². The second kappa shape index (κ2) is 19.5. The molecule has 1 fully saturated rings. The first-order chi connectivity index (χ1) is 27.2. The van der Waals surface area contributed by atoms with E-state index < -0.39 is 6.09 Å². The molecule has 1 saturated heterocycles. The number of carbonyl (C=O) groups is 1. The number of nitrogens with two attached hydrogens (primary N) is 2. The number of para-hydroxylation sites is 1. The number of piperazine rings is 1. The highest BCUT2D eigenvalue weighted by Gasteiger charge is 2.27. The smallest absolute Gasteiger partial charge is 0.404 e. The van der Waals surface area contributed by atoms with Crippen LogP contribution in [-0.2, 0) is 22.6 Å². The summed E-state index contributed by atoms with van der Waals surface area (Å²) in [5.41, 5.74) is 21.3. The molecule has 0 radical (unpaired) electrons. The minimum atomic E-state index is -0.790. The van der Waals surface area contributed by atoms with Crippen molar-refractivity contribution < 1.29 is 23.7 Å². The van der Waals surface area contributed by atoms with Crippen molar-refractivity contribution in [1.29, 1.82) is 0 Å². The quantitative estimate of drug-likeness (QED) is 0.0620. The molecule has 1 atom stereocenters. The van der Waals surface area contributed by atoms with Gasteiger partial charge in [0.1, 0.15) is 18.1 Å². The molecular weight excluding hydrogens is 729 g/mol. The maximum absolute atomic E-state index is 11.5. The number of unbranched alkanes of at least 4 members (excludes halogenated alkanes) is 1. The molecule has 3 heterocycles. The highest BCUT2D eigenvalue weighted by Crippen LogP contribution is 2.35. The molecule has 1 aliphatic rings. The van der Waals surface area contributed by atoms with E-state index in [0.717, 1.165) is 89.8 Å². The van der Waals surface area contributed by atoms with E-state index in [1.165, 1.54) is 5.56 Å². The lowest BCUT2D eigenvalue weighted by Gasteiger charge is -2.36. The zero-order valence-corrected chi connectivity index (χ0v) is 33.4. The molecule has 2 aromatic heterocycles. The lowest BCUT2D eigenvalue weighted by atomic mass is 10.0. The fourth-order valence-corrected chi connectivity index (χ4v) is 7.76. The van der Waals surface area contributed by atoms with Crippen molar-refractivity contribution in [2.75, 3.05) is 57.3 Å². The lowest BCUT2D eigenvalue weighted by molar-refractivity contribution is 0.0515. The monoisotopic (exact) mass is 780 g/mol. The number of aromatic nitrogens is 3. The molecule has 0 spiro atoms. The van der Waals surface area contributed by atoms with Crippen LogP contribution in [0.25, 0.3) is 21.7 Å². The number of amides is 1. The minimum absolute atomic E-state index is 0.0115. The molecule has 13 nitrogen and oxygen atoms in total. The number of hydrogen-bond donors (Lipinski definition) is 3. The van der Waals surface area contributed by atoms with Crippen molar-refractivity contribution in [2.24, 2.45) is 5.73 Å². The highest BCUT2D eigenvalue weighted by molar-refractivity contribution is 7.13. The van der Waals surface area contributed by atoms with Gasteiger partial charge in [-0.05, 0) is 81.1 Å². The molecular formula is C42H52N8O5S. The third-order valence-corrected chi connectivity index (χ3v) is 10.8. The Bertz CT molecular complexity index is 2040. The number of nitrogens with zero attached hydrogens (tertiary/aromatic N) is 5. The molecule has 0 saturated carbocycles. The van der Waals surface area contributed by atoms with E-state index in [1.54, 1.807) is 18.4 Å². The van der Waals surface area contributed by atoms with Crippen molar-refractivity contribution in [2.45, 2.75) is 58.8 Å². The number of ether oxygens (including phenoxy) is 4. The van der Waals surface area contributed by atoms with Gasteiger partial charge in [-0.3, -0.25) is 4.90 Å². The zero-order valence-electron chi connectivity index (χ0n) is 32.6. The molecule has 296 valence electrons. The maximum Gasteiger partial charge on any atom is 0.404 e. The SMILES string of the molecule is COCOc1ccccc1-c1cc(C2CNCCN2Cc2ccc(OCCCCN(c3cc(-c4scnc4C)ccc3COC(N)=O)C(C)C)cc2)c(N)nn1. The summed E-state index contributed by atoms with van der Waals surface area (Å²) in [4.78, 5) is 21.8. The Balaban J connectivity index is 1.05. The normalized spacial score (nSPS) is 14.5. The first kappa shape index (κ1) is 40.4. The minimum Gasteiger partial charge on any atom is -0.494 e. The summed E-state index contributed by atoms with van der Waals surface area (Å²) in [7, 11) is 1.59. The van der Waals surface area contributed by atoms with Gasteiger partial charge in [0, 0.05) is 68.3 Å². The number of rotatable bonds is 18. The van der Waals surface area contributed by atoms with Crippen LogP contribution in [0.2, 0.25) is 0 Å². The lowest BCUT2D eigenvalue weighted by Crippen LogP contribution is -2.45. The van der Waals surface area contributed by atoms with E-state index in [4.69, 9.17) is 30.4 Å². The molecule has 6 rings (SSSR count). The van der Waals surface area contributed by atoms with Crippen LogP contribution < -0.4 is 31.2 Å². The molecule has 1 unspecified atom stereocenters. The van der Waals surface area contributed by atoms with Crippen molar-refractivity contribution in [3.63, 3.8) is 0 Å². The van der Waals surface area contributed by atoms with Gasteiger partial charge in [-0.2, -0.15) is 0 Å². The summed E-state index contributed by atoms with van der Waals surface area (Å²) in [6, 6.07) is 24.6. The van der Waals surface area contributed by atoms with Crippen molar-refractivity contribution in [3.05, 3.63) is 101 Å². The van der Waals surface area contributed by atoms with Gasteiger partial charge >= 0.3 is 6.09 Å². The number of aryl methyl sites for hydroxylation is 1. The van der Waals surface area contributed by atoms with Gasteiger partial charge in [0.25, 0.3) is 0 Å². The van der Waals surface area contributed by atoms with E-state index >= 15 is 0 Å². The van der Waals surface area contributed by atoms with Crippen LogP contribution in [-0.4, -0.2) is 78.9 Å². The Labute approximate surface area is 332 Å². The molecule has 3 aromatic carbocycles. The van der Waals surface area contributed by atoms with E-state index in [0.29, 0.717) is 23.9 Å². The van der Waals surface area contributed by atoms with E-state index in [1.807, 2.05) is 61.0 Å². The predicted molar refractivity (Wildman–Crippen MR) is 221 cm³/mol. The largest absolute Gasteiger partial charge is 0.494 e. The van der Waals surface area contributed by atoms with Gasteiger partial charge in [-0.25, -0.2) is 9.78 Å². The van der Waals surface area contributed by atoms with Crippen LogP contribution in [0.5, 0.6) is 11.5 Å². The molecule has 0 aliphatic carbocycles. The van der Waals surface area contributed by atoms with E-state index in [2.05, 4.69) is 68.4 Å². The second-order valence-electron chi connectivity index (χ2n) is 14.0. The zero-order chi connectivity index (χ0) is 39.4. The summed E-state index contributed by atoms with van der Waals surface area (Å²) in [6.07, 6.45) is 1.00. The summed E-state index contributed by atoms with van der Waals surface area (Å²) in [5, 5.41) is 12.3. The Morgan fingerprint density at radius 2 is 1.88 bits per heavy atom. The number of nitrogen functional groups attached to an aromatic ring is 1. The number of primary amides is 1. The number of benzene rings is 3. The first-order valence-corrected chi connectivity index (χ1v) is 19.8. The number of anilines is 2. The molecule has 0 bridgehead atoms. The van der Waals surface area contributed by atoms with Gasteiger partial charge in [0.05, 0.1) is 34.4 Å². The Morgan fingerprint density at radius 1 is 1.05 bits per heavy atom. The van der Waals surface area contributed by atoms with Gasteiger partial charge in [0.15, 0.2) is 12.6 Å². The van der Waals surface area contributed by atoms with E-state index in [-0.39, 0.29) is 25.5 Å². The fraction of sp³-hybridized carbons (Fsp3) is 0.381. The topological polar surface area (TPSA) is 163 Å². The Hall–Kier alpha value is -5.28. The average Bonchev–Trinajstić information content (AvgIpc) is 3.64. The van der Waals surface area contributed by atoms with Gasteiger partial charge < -0.3 is 40.6 Å². The highest BCUT2D eigenvalue weighted by atomic mass is 32.1. The van der Waals surface area contributed by atoms with Crippen LogP contribution in [0, 0.1) is 6.92 Å². The first-order valence-electron chi connectivity index (χ1n) is 18.9. The summed E-state index contributed by atoms with van der Waals surface area (Å²) in [6.45, 7) is 11.2. The second-order valence-corrected chi connectivity index (χ2v) is 14.9. The number of thiazole rings is 1. The van der Waals surface area contributed by atoms with Crippen LogP contribution >= 0.6 is 11.3 Å². The van der Waals surface area contributed by atoms with Gasteiger partial charge in [-0.15, -0.1) is 21.5 Å². The fourth-order valence-electron chi connectivity index (χ4n) is 6.96. The van der Waals surface area contributed by atoms with Crippen LogP contribution in [0.4, 0.5) is 16.3 Å². The maximum atomic E-state index is 11.5. The summed E-state index contributed by atoms with van der Waals surface area (Å²) >= 11 is 1.62. The standard InChI is InChI=1S/C42H52N8O5S/c1-28(2)50(37-21-31(40-29(3)46-26-56-40)13-14-32(37)25-54-42(44)51)18-7-8-20-53-33-15-11-30(12-16-33)24-49-19-17-45-23-38(49)35-22-36(47-48-41(35)43)34-9-5-6-10-39(34)55-27-52-4/h5-6,9-16,21-22,26,28,38,45H,7-8,17-20,23-25,27H2,1-4H3,(H2,43,48)(H2,44,51). The van der Waals surface area contributed by atoms with Crippen LogP contribution in [0.1, 0.15) is 55.1 Å². The predicted octanol–water partition coefficient (Wildman–Crippen LogP) is 6.96. The van der Waals surface area contributed by atoms with E-state index in [9.17, 15) is 4.79 Å². The molecule has 1 amide bonds. The average molecular weight is 781 g/mol. The number of methoxy groups -OCH3 is 1. The molecule has 14 heteroatoms. The molecule has 56 heavy (non-hydrogen) atoms. The molecule has 5 aromatic rings. The Kier molecular flexibility index (Phi) is 14.1. The molecule has 5 N–H and O–H groups in total. The molecule has 1 aliphatic heterocycles. The number of hydrogen-bond acceptors (Lipinski definition) is 13. The van der Waals surface area contributed by atoms with Crippen LogP contribution in [0.3, 0.4) is 0 Å².